The van der Waals surface area contributed by atoms with Gasteiger partial charge in [0, 0.05) is 31.3 Å². The number of rotatable bonds is 6. The van der Waals surface area contributed by atoms with E-state index in [2.05, 4.69) is 31.2 Å². The zero-order chi connectivity index (χ0) is 16.4. The van der Waals surface area contributed by atoms with E-state index >= 15 is 0 Å². The van der Waals surface area contributed by atoms with Gasteiger partial charge >= 0.3 is 0 Å². The fourth-order valence-corrected chi connectivity index (χ4v) is 3.52. The number of amides is 1. The molecule has 1 aliphatic heterocycles. The molecular weight excluding hydrogens is 290 g/mol. The van der Waals surface area contributed by atoms with Crippen molar-refractivity contribution in [1.29, 1.82) is 0 Å². The van der Waals surface area contributed by atoms with Crippen LogP contribution in [0.1, 0.15) is 75.0 Å². The van der Waals surface area contributed by atoms with Crippen LogP contribution in [0.4, 0.5) is 0 Å². The molecule has 2 heterocycles. The van der Waals surface area contributed by atoms with Crippen molar-refractivity contribution in [3.05, 3.63) is 17.5 Å². The quantitative estimate of drug-likeness (QED) is 0.876. The van der Waals surface area contributed by atoms with Gasteiger partial charge in [-0.2, -0.15) is 5.10 Å². The van der Waals surface area contributed by atoms with Crippen molar-refractivity contribution in [3.63, 3.8) is 0 Å². The maximum absolute atomic E-state index is 12.3. The molecule has 1 atom stereocenters. The minimum atomic E-state index is -0.0623. The predicted octanol–water partition coefficient (Wildman–Crippen LogP) is 3.11. The first-order valence-electron chi connectivity index (χ1n) is 8.99. The molecule has 1 saturated heterocycles. The van der Waals surface area contributed by atoms with E-state index in [-0.39, 0.29) is 17.4 Å². The van der Waals surface area contributed by atoms with Gasteiger partial charge in [0.05, 0.1) is 6.10 Å². The molecule has 5 nitrogen and oxygen atoms in total. The molecule has 1 saturated carbocycles. The first-order valence-corrected chi connectivity index (χ1v) is 8.99. The third-order valence-electron chi connectivity index (χ3n) is 5.19. The van der Waals surface area contributed by atoms with E-state index in [1.54, 1.807) is 0 Å². The molecule has 1 aromatic rings. The van der Waals surface area contributed by atoms with E-state index in [1.807, 2.05) is 10.7 Å². The Morgan fingerprint density at radius 2 is 2.26 bits per heavy atom. The first kappa shape index (κ1) is 16.5. The second-order valence-corrected chi connectivity index (χ2v) is 7.54. The van der Waals surface area contributed by atoms with Gasteiger partial charge in [0.15, 0.2) is 0 Å². The fourth-order valence-electron chi connectivity index (χ4n) is 3.52. The smallest absolute Gasteiger partial charge is 0.271 e. The summed E-state index contributed by atoms with van der Waals surface area (Å²) in [5.41, 5.74) is 1.97. The average Bonchev–Trinajstić information content (AvgIpc) is 3.27. The van der Waals surface area contributed by atoms with Crippen LogP contribution < -0.4 is 5.32 Å². The molecule has 23 heavy (non-hydrogen) atoms. The number of hydrogen-bond donors (Lipinski definition) is 1. The van der Waals surface area contributed by atoms with Crippen molar-refractivity contribution in [2.75, 3.05) is 13.2 Å². The summed E-state index contributed by atoms with van der Waals surface area (Å²) >= 11 is 0. The molecule has 2 aliphatic rings. The van der Waals surface area contributed by atoms with Gasteiger partial charge in [-0.15, -0.1) is 0 Å². The van der Waals surface area contributed by atoms with Crippen LogP contribution in [0.15, 0.2) is 6.07 Å². The standard InChI is InChI=1S/C18H29N3O2/c1-4-21-15(13-6-7-13)12-14(20-21)17(22)19-10-8-16-18(2,3)9-5-11-23-16/h12-13,16H,4-11H2,1-3H3,(H,19,22). The number of aromatic nitrogens is 2. The number of aryl methyl sites for hydroxylation is 1. The SMILES string of the molecule is CCn1nc(C(=O)NCCC2OCCCC2(C)C)cc1C1CC1. The molecule has 0 spiro atoms. The van der Waals surface area contributed by atoms with Crippen LogP contribution in [-0.2, 0) is 11.3 Å². The van der Waals surface area contributed by atoms with Gasteiger partial charge in [0.1, 0.15) is 5.69 Å². The van der Waals surface area contributed by atoms with Crippen LogP contribution in [-0.4, -0.2) is 34.9 Å². The van der Waals surface area contributed by atoms with Crippen molar-refractivity contribution >= 4 is 5.91 Å². The zero-order valence-electron chi connectivity index (χ0n) is 14.6. The van der Waals surface area contributed by atoms with Gasteiger partial charge in [-0.25, -0.2) is 0 Å². The highest BCUT2D eigenvalue weighted by molar-refractivity contribution is 5.92. The summed E-state index contributed by atoms with van der Waals surface area (Å²) < 4.78 is 7.86. The lowest BCUT2D eigenvalue weighted by atomic mass is 9.79. The largest absolute Gasteiger partial charge is 0.378 e. The van der Waals surface area contributed by atoms with Crippen LogP contribution in [0.25, 0.3) is 0 Å². The van der Waals surface area contributed by atoms with Gasteiger partial charge in [0.2, 0.25) is 0 Å². The number of nitrogens with one attached hydrogen (secondary N) is 1. The van der Waals surface area contributed by atoms with E-state index in [0.717, 1.165) is 26.0 Å². The Morgan fingerprint density at radius 3 is 2.91 bits per heavy atom. The van der Waals surface area contributed by atoms with E-state index in [0.29, 0.717) is 18.2 Å². The van der Waals surface area contributed by atoms with Gasteiger partial charge < -0.3 is 10.1 Å². The lowest BCUT2D eigenvalue weighted by molar-refractivity contribution is -0.0704. The molecule has 0 bridgehead atoms. The second kappa shape index (κ2) is 6.63. The molecule has 1 amide bonds. The topological polar surface area (TPSA) is 56.2 Å². The zero-order valence-corrected chi connectivity index (χ0v) is 14.6. The molecule has 1 aromatic heterocycles. The third kappa shape index (κ3) is 3.77. The second-order valence-electron chi connectivity index (χ2n) is 7.54. The van der Waals surface area contributed by atoms with Crippen LogP contribution in [0.3, 0.4) is 0 Å². The van der Waals surface area contributed by atoms with Crippen LogP contribution in [0, 0.1) is 5.41 Å². The molecule has 128 valence electrons. The normalized spacial score (nSPS) is 23.7. The number of carbonyl (C=O) groups is 1. The molecule has 0 aromatic carbocycles. The molecule has 5 heteroatoms. The van der Waals surface area contributed by atoms with Crippen molar-refractivity contribution in [1.82, 2.24) is 15.1 Å². The lowest BCUT2D eigenvalue weighted by Gasteiger charge is -2.38. The molecular formula is C18H29N3O2. The Kier molecular flexibility index (Phi) is 4.76. The summed E-state index contributed by atoms with van der Waals surface area (Å²) in [5, 5.41) is 7.47. The van der Waals surface area contributed by atoms with E-state index < -0.39 is 0 Å². The third-order valence-corrected chi connectivity index (χ3v) is 5.19. The van der Waals surface area contributed by atoms with Gasteiger partial charge in [-0.3, -0.25) is 9.48 Å². The highest BCUT2D eigenvalue weighted by Gasteiger charge is 2.33. The maximum atomic E-state index is 12.3. The van der Waals surface area contributed by atoms with Crippen molar-refractivity contribution in [2.24, 2.45) is 5.41 Å². The summed E-state index contributed by atoms with van der Waals surface area (Å²) in [7, 11) is 0. The van der Waals surface area contributed by atoms with E-state index in [4.69, 9.17) is 4.74 Å². The Balaban J connectivity index is 1.53. The van der Waals surface area contributed by atoms with Crippen molar-refractivity contribution < 1.29 is 9.53 Å². The molecule has 2 fully saturated rings. The fraction of sp³-hybridized carbons (Fsp3) is 0.778. The number of hydrogen-bond acceptors (Lipinski definition) is 3. The molecule has 1 aliphatic carbocycles. The van der Waals surface area contributed by atoms with Crippen molar-refractivity contribution in [2.45, 2.75) is 71.4 Å². The molecule has 3 rings (SSSR count). The number of nitrogens with zero attached hydrogens (tertiary/aromatic N) is 2. The Bertz CT molecular complexity index is 561. The summed E-state index contributed by atoms with van der Waals surface area (Å²) in [4.78, 5) is 12.3. The van der Waals surface area contributed by atoms with Gasteiger partial charge in [-0.05, 0) is 50.5 Å². The summed E-state index contributed by atoms with van der Waals surface area (Å²) in [6.45, 7) is 8.89. The monoisotopic (exact) mass is 319 g/mol. The molecule has 1 N–H and O–H groups in total. The minimum Gasteiger partial charge on any atom is -0.378 e. The Morgan fingerprint density at radius 1 is 1.48 bits per heavy atom. The lowest BCUT2D eigenvalue weighted by Crippen LogP contribution is -2.39. The van der Waals surface area contributed by atoms with Crippen molar-refractivity contribution in [3.8, 4) is 0 Å². The van der Waals surface area contributed by atoms with Gasteiger partial charge in [-0.1, -0.05) is 13.8 Å². The van der Waals surface area contributed by atoms with Crippen LogP contribution >= 0.6 is 0 Å². The van der Waals surface area contributed by atoms with Crippen LogP contribution in [0.2, 0.25) is 0 Å². The average molecular weight is 319 g/mol. The summed E-state index contributed by atoms with van der Waals surface area (Å²) in [6, 6.07) is 1.97. The Hall–Kier alpha value is -1.36. The predicted molar refractivity (Wildman–Crippen MR) is 89.6 cm³/mol. The molecule has 0 radical (unpaired) electrons. The molecule has 1 unspecified atom stereocenters. The minimum absolute atomic E-state index is 0.0623. The number of carbonyl (C=O) groups excluding carboxylic acids is 1. The van der Waals surface area contributed by atoms with Gasteiger partial charge in [0.25, 0.3) is 5.91 Å². The number of ether oxygens (including phenoxy) is 1. The van der Waals surface area contributed by atoms with E-state index in [9.17, 15) is 4.79 Å². The highest BCUT2D eigenvalue weighted by atomic mass is 16.5. The first-order chi connectivity index (χ1) is 11.0. The summed E-state index contributed by atoms with van der Waals surface area (Å²) in [6.07, 6.45) is 5.86. The summed E-state index contributed by atoms with van der Waals surface area (Å²) in [5.74, 6) is 0.549. The van der Waals surface area contributed by atoms with E-state index in [1.165, 1.54) is 25.0 Å². The van der Waals surface area contributed by atoms with Crippen LogP contribution in [0.5, 0.6) is 0 Å². The highest BCUT2D eigenvalue weighted by Crippen LogP contribution is 2.40. The maximum Gasteiger partial charge on any atom is 0.271 e. The Labute approximate surface area is 138 Å².